The Labute approximate surface area is 164 Å². The molecule has 3 aromatic rings. The fourth-order valence-corrected chi connectivity index (χ4v) is 4.14. The summed E-state index contributed by atoms with van der Waals surface area (Å²) in [5, 5.41) is 7.15. The number of aromatic amines is 1. The van der Waals surface area contributed by atoms with E-state index in [2.05, 4.69) is 48.5 Å². The molecule has 0 fully saturated rings. The molecule has 2 aromatic carbocycles. The van der Waals surface area contributed by atoms with Gasteiger partial charge in [0.15, 0.2) is 0 Å². The lowest BCUT2D eigenvalue weighted by Crippen LogP contribution is -2.28. The van der Waals surface area contributed by atoms with Crippen LogP contribution >= 0.6 is 0 Å². The number of benzene rings is 2. The van der Waals surface area contributed by atoms with Crippen LogP contribution in [0.4, 0.5) is 0 Å². The molecule has 0 spiro atoms. The molecule has 3 N–H and O–H groups in total. The summed E-state index contributed by atoms with van der Waals surface area (Å²) in [6, 6.07) is 11.5. The van der Waals surface area contributed by atoms with Crippen LogP contribution in [0.1, 0.15) is 57.7 Å². The van der Waals surface area contributed by atoms with Crippen molar-refractivity contribution < 1.29 is 9.59 Å². The maximum atomic E-state index is 12.6. The zero-order valence-electron chi connectivity index (χ0n) is 16.5. The Hall–Kier alpha value is -3.08. The van der Waals surface area contributed by atoms with Crippen LogP contribution in [-0.4, -0.2) is 16.8 Å². The molecule has 1 aliphatic heterocycles. The molecule has 144 valence electrons. The van der Waals surface area contributed by atoms with Gasteiger partial charge in [-0.2, -0.15) is 0 Å². The van der Waals surface area contributed by atoms with Gasteiger partial charge >= 0.3 is 0 Å². The highest BCUT2D eigenvalue weighted by atomic mass is 16.2. The number of amides is 2. The third kappa shape index (κ3) is 3.17. The minimum absolute atomic E-state index is 0.0735. The van der Waals surface area contributed by atoms with Crippen molar-refractivity contribution in [1.82, 2.24) is 15.6 Å². The summed E-state index contributed by atoms with van der Waals surface area (Å²) in [6.07, 6.45) is 1.19. The minimum Gasteiger partial charge on any atom is -0.358 e. The van der Waals surface area contributed by atoms with Gasteiger partial charge in [-0.1, -0.05) is 36.8 Å². The third-order valence-corrected chi connectivity index (χ3v) is 5.60. The molecule has 1 atom stereocenters. The lowest BCUT2D eigenvalue weighted by Gasteiger charge is -2.13. The van der Waals surface area contributed by atoms with E-state index >= 15 is 0 Å². The number of carbonyl (C=O) groups excluding carboxylic acids is 2. The summed E-state index contributed by atoms with van der Waals surface area (Å²) in [4.78, 5) is 28.1. The quantitative estimate of drug-likeness (QED) is 0.634. The SMILES string of the molecule is CCc1[nH]c2c(CNC(=O)CC3NC(=O)c4ccccc43)cc(C)cc2c1C. The normalized spacial score (nSPS) is 15.5. The van der Waals surface area contributed by atoms with Crippen LogP contribution in [0.25, 0.3) is 10.9 Å². The molecule has 1 aliphatic rings. The number of rotatable bonds is 5. The van der Waals surface area contributed by atoms with Gasteiger partial charge < -0.3 is 15.6 Å². The number of aromatic nitrogens is 1. The van der Waals surface area contributed by atoms with Gasteiger partial charge in [0.05, 0.1) is 18.0 Å². The highest BCUT2D eigenvalue weighted by Gasteiger charge is 2.29. The first-order chi connectivity index (χ1) is 13.5. The van der Waals surface area contributed by atoms with Gasteiger partial charge in [-0.05, 0) is 49.1 Å². The van der Waals surface area contributed by atoms with Crippen molar-refractivity contribution in [2.24, 2.45) is 0 Å². The van der Waals surface area contributed by atoms with Crippen LogP contribution in [0.5, 0.6) is 0 Å². The standard InChI is InChI=1S/C23H25N3O2/c1-4-19-14(3)18-10-13(2)9-15(22(18)25-19)12-24-21(27)11-20-16-7-5-6-8-17(16)23(28)26-20/h5-10,20,25H,4,11-12H2,1-3H3,(H,24,27)(H,26,28). The largest absolute Gasteiger partial charge is 0.358 e. The smallest absolute Gasteiger partial charge is 0.252 e. The second-order valence-electron chi connectivity index (χ2n) is 7.52. The Morgan fingerprint density at radius 2 is 1.96 bits per heavy atom. The van der Waals surface area contributed by atoms with Gasteiger partial charge in [-0.15, -0.1) is 0 Å². The van der Waals surface area contributed by atoms with Crippen LogP contribution in [0.3, 0.4) is 0 Å². The van der Waals surface area contributed by atoms with Crippen LogP contribution in [0, 0.1) is 13.8 Å². The maximum Gasteiger partial charge on any atom is 0.252 e. The Bertz CT molecular complexity index is 1080. The molecule has 2 amide bonds. The second-order valence-corrected chi connectivity index (χ2v) is 7.52. The van der Waals surface area contributed by atoms with Gasteiger partial charge in [-0.3, -0.25) is 9.59 Å². The molecule has 5 heteroatoms. The number of H-pyrrole nitrogens is 1. The predicted molar refractivity (Wildman–Crippen MR) is 110 cm³/mol. The number of fused-ring (bicyclic) bond motifs is 2. The van der Waals surface area contributed by atoms with E-state index in [1.54, 1.807) is 6.07 Å². The number of hydrogen-bond acceptors (Lipinski definition) is 2. The molecule has 4 rings (SSSR count). The van der Waals surface area contributed by atoms with E-state index in [-0.39, 0.29) is 24.3 Å². The van der Waals surface area contributed by atoms with Crippen molar-refractivity contribution in [1.29, 1.82) is 0 Å². The first kappa shape index (κ1) is 18.3. The van der Waals surface area contributed by atoms with Crippen LogP contribution in [-0.2, 0) is 17.8 Å². The van der Waals surface area contributed by atoms with Crippen LogP contribution in [0.15, 0.2) is 36.4 Å². The predicted octanol–water partition coefficient (Wildman–Crippen LogP) is 3.84. The first-order valence-electron chi connectivity index (χ1n) is 9.75. The topological polar surface area (TPSA) is 74.0 Å². The maximum absolute atomic E-state index is 12.6. The Balaban J connectivity index is 1.49. The molecule has 5 nitrogen and oxygen atoms in total. The molecule has 28 heavy (non-hydrogen) atoms. The Morgan fingerprint density at radius 3 is 2.75 bits per heavy atom. The van der Waals surface area contributed by atoms with Crippen LogP contribution < -0.4 is 10.6 Å². The lowest BCUT2D eigenvalue weighted by atomic mass is 10.0. The third-order valence-electron chi connectivity index (χ3n) is 5.60. The summed E-state index contributed by atoms with van der Waals surface area (Å²) >= 11 is 0. The Morgan fingerprint density at radius 1 is 1.18 bits per heavy atom. The average Bonchev–Trinajstić information content (AvgIpc) is 3.17. The van der Waals surface area contributed by atoms with Gasteiger partial charge in [-0.25, -0.2) is 0 Å². The molecule has 2 heterocycles. The molecule has 1 unspecified atom stereocenters. The Kier molecular flexibility index (Phi) is 4.67. The minimum atomic E-state index is -0.263. The van der Waals surface area contributed by atoms with Crippen molar-refractivity contribution in [3.63, 3.8) is 0 Å². The molecular weight excluding hydrogens is 350 g/mol. The highest BCUT2D eigenvalue weighted by molar-refractivity contribution is 5.99. The fraction of sp³-hybridized carbons (Fsp3) is 0.304. The summed E-state index contributed by atoms with van der Waals surface area (Å²) in [5.41, 5.74) is 7.43. The number of hydrogen-bond donors (Lipinski definition) is 3. The van der Waals surface area contributed by atoms with Crippen molar-refractivity contribution in [2.75, 3.05) is 0 Å². The zero-order chi connectivity index (χ0) is 19.8. The average molecular weight is 375 g/mol. The fourth-order valence-electron chi connectivity index (χ4n) is 4.14. The molecule has 0 saturated heterocycles. The van der Waals surface area contributed by atoms with E-state index in [1.165, 1.54) is 22.2 Å². The van der Waals surface area contributed by atoms with E-state index in [4.69, 9.17) is 0 Å². The molecular formula is C23H25N3O2. The van der Waals surface area contributed by atoms with Gasteiger partial charge in [0.25, 0.3) is 5.91 Å². The molecule has 0 radical (unpaired) electrons. The van der Waals surface area contributed by atoms with E-state index < -0.39 is 0 Å². The molecule has 0 saturated carbocycles. The summed E-state index contributed by atoms with van der Waals surface area (Å²) in [6.45, 7) is 6.82. The lowest BCUT2D eigenvalue weighted by molar-refractivity contribution is -0.121. The van der Waals surface area contributed by atoms with Crippen molar-refractivity contribution in [2.45, 2.75) is 46.2 Å². The van der Waals surface area contributed by atoms with E-state index in [1.807, 2.05) is 18.2 Å². The number of nitrogens with one attached hydrogen (secondary N) is 3. The molecule has 0 bridgehead atoms. The number of carbonyl (C=O) groups is 2. The number of aryl methyl sites for hydroxylation is 3. The van der Waals surface area contributed by atoms with Crippen molar-refractivity contribution in [3.8, 4) is 0 Å². The van der Waals surface area contributed by atoms with Gasteiger partial charge in [0, 0.05) is 23.2 Å². The highest BCUT2D eigenvalue weighted by Crippen LogP contribution is 2.28. The van der Waals surface area contributed by atoms with E-state index in [0.717, 1.165) is 23.1 Å². The molecule has 1 aromatic heterocycles. The van der Waals surface area contributed by atoms with Gasteiger partial charge in [0.1, 0.15) is 0 Å². The summed E-state index contributed by atoms with van der Waals surface area (Å²) in [5.74, 6) is -0.182. The summed E-state index contributed by atoms with van der Waals surface area (Å²) < 4.78 is 0. The van der Waals surface area contributed by atoms with Gasteiger partial charge in [0.2, 0.25) is 5.91 Å². The monoisotopic (exact) mass is 375 g/mol. The second kappa shape index (κ2) is 7.15. The van der Waals surface area contributed by atoms with Crippen molar-refractivity contribution in [3.05, 3.63) is 69.9 Å². The first-order valence-corrected chi connectivity index (χ1v) is 9.75. The van der Waals surface area contributed by atoms with E-state index in [0.29, 0.717) is 12.1 Å². The summed E-state index contributed by atoms with van der Waals surface area (Å²) in [7, 11) is 0. The zero-order valence-corrected chi connectivity index (χ0v) is 16.5. The molecule has 0 aliphatic carbocycles. The van der Waals surface area contributed by atoms with Crippen LogP contribution in [0.2, 0.25) is 0 Å². The van der Waals surface area contributed by atoms with E-state index in [9.17, 15) is 9.59 Å². The van der Waals surface area contributed by atoms with Crippen molar-refractivity contribution >= 4 is 22.7 Å².